The molecule has 0 saturated heterocycles. The summed E-state index contributed by atoms with van der Waals surface area (Å²) in [7, 11) is 0. The maximum atomic E-state index is 10.0. The molecule has 3 amide bonds. The van der Waals surface area contributed by atoms with E-state index < -0.39 is 6.03 Å². The maximum Gasteiger partial charge on any atom is 0.309 e. The summed E-state index contributed by atoms with van der Waals surface area (Å²) >= 11 is 0. The standard InChI is InChI=1S/C4H7NO2.C2H2O2.CH4N2O/c1-2-4(7)5-3-6;3-1-2-4;2-1(3)4/h2,6H,1,3H2,(H,5,7);1-2H;(H4,2,3,4). The third kappa shape index (κ3) is 78.9. The van der Waals surface area contributed by atoms with Crippen molar-refractivity contribution in [1.29, 1.82) is 0 Å². The predicted molar refractivity (Wildman–Crippen MR) is 51.3 cm³/mol. The van der Waals surface area contributed by atoms with Crippen molar-refractivity contribution in [2.45, 2.75) is 0 Å². The number of urea groups is 1. The fourth-order valence-electron chi connectivity index (χ4n) is 0.150. The quantitative estimate of drug-likeness (QED) is 0.181. The van der Waals surface area contributed by atoms with Crippen LogP contribution in [0.15, 0.2) is 12.7 Å². The largest absolute Gasteiger partial charge is 0.376 e. The van der Waals surface area contributed by atoms with E-state index in [2.05, 4.69) is 23.4 Å². The molecular formula is C7H13N3O5. The van der Waals surface area contributed by atoms with Crippen LogP contribution in [0.5, 0.6) is 0 Å². The van der Waals surface area contributed by atoms with Crippen LogP contribution in [0.25, 0.3) is 0 Å². The highest BCUT2D eigenvalue weighted by Crippen LogP contribution is 1.59. The first-order valence-electron chi connectivity index (χ1n) is 3.41. The summed E-state index contributed by atoms with van der Waals surface area (Å²) in [4.78, 5) is 36.6. The number of aliphatic hydroxyl groups is 1. The number of rotatable bonds is 3. The van der Waals surface area contributed by atoms with E-state index >= 15 is 0 Å². The molecule has 0 aliphatic rings. The SMILES string of the molecule is C=CC(=O)NCO.NC(N)=O.O=CC=O. The molecule has 8 nitrogen and oxygen atoms in total. The van der Waals surface area contributed by atoms with Crippen LogP contribution in [0, 0.1) is 0 Å². The lowest BCUT2D eigenvalue weighted by atomic mass is 10.6. The van der Waals surface area contributed by atoms with Crippen molar-refractivity contribution in [2.24, 2.45) is 11.5 Å². The van der Waals surface area contributed by atoms with Crippen molar-refractivity contribution in [3.05, 3.63) is 12.7 Å². The Bertz CT molecular complexity index is 207. The molecule has 0 bridgehead atoms. The van der Waals surface area contributed by atoms with E-state index in [9.17, 15) is 4.79 Å². The van der Waals surface area contributed by atoms with Gasteiger partial charge < -0.3 is 21.9 Å². The molecule has 0 aliphatic carbocycles. The Balaban J connectivity index is -0.000000155. The summed E-state index contributed by atoms with van der Waals surface area (Å²) in [5.41, 5.74) is 8.50. The molecule has 6 N–H and O–H groups in total. The zero-order valence-electron chi connectivity index (χ0n) is 7.88. The minimum Gasteiger partial charge on any atom is -0.376 e. The van der Waals surface area contributed by atoms with Crippen LogP contribution in [-0.4, -0.2) is 36.3 Å². The highest BCUT2D eigenvalue weighted by Gasteiger charge is 1.84. The molecule has 0 aromatic rings. The van der Waals surface area contributed by atoms with Crippen LogP contribution in [0.3, 0.4) is 0 Å². The molecule has 0 unspecified atom stereocenters. The highest BCUT2D eigenvalue weighted by molar-refractivity contribution is 6.09. The lowest BCUT2D eigenvalue weighted by Gasteiger charge is -1.89. The van der Waals surface area contributed by atoms with Crippen LogP contribution >= 0.6 is 0 Å². The molecule has 0 spiro atoms. The van der Waals surface area contributed by atoms with E-state index in [0.717, 1.165) is 6.08 Å². The normalized spacial score (nSPS) is 6.47. The van der Waals surface area contributed by atoms with Gasteiger partial charge in [0.05, 0.1) is 0 Å². The third-order valence-corrected chi connectivity index (χ3v) is 0.494. The van der Waals surface area contributed by atoms with E-state index in [1.807, 2.05) is 0 Å². The molecule has 0 aromatic carbocycles. The Kier molecular flexibility index (Phi) is 22.0. The van der Waals surface area contributed by atoms with Crippen LogP contribution < -0.4 is 16.8 Å². The number of carbonyl (C=O) groups excluding carboxylic acids is 4. The van der Waals surface area contributed by atoms with Gasteiger partial charge in [-0.2, -0.15) is 0 Å². The monoisotopic (exact) mass is 219 g/mol. The molecule has 8 heteroatoms. The lowest BCUT2D eigenvalue weighted by molar-refractivity contribution is -0.122. The van der Waals surface area contributed by atoms with Gasteiger partial charge in [0, 0.05) is 0 Å². The summed E-state index contributed by atoms with van der Waals surface area (Å²) in [6.45, 7) is 2.83. The Morgan fingerprint density at radius 2 is 1.60 bits per heavy atom. The Morgan fingerprint density at radius 1 is 1.27 bits per heavy atom. The van der Waals surface area contributed by atoms with Gasteiger partial charge in [0.25, 0.3) is 0 Å². The van der Waals surface area contributed by atoms with Crippen LogP contribution in [0.4, 0.5) is 4.79 Å². The van der Waals surface area contributed by atoms with Gasteiger partial charge >= 0.3 is 6.03 Å². The first kappa shape index (κ1) is 18.5. The van der Waals surface area contributed by atoms with Crippen molar-refractivity contribution >= 4 is 24.5 Å². The van der Waals surface area contributed by atoms with Gasteiger partial charge in [-0.15, -0.1) is 0 Å². The van der Waals surface area contributed by atoms with Crippen LogP contribution in [0.2, 0.25) is 0 Å². The molecular weight excluding hydrogens is 206 g/mol. The molecule has 0 aromatic heterocycles. The number of aliphatic hydroxyl groups excluding tert-OH is 1. The second kappa shape index (κ2) is 17.8. The smallest absolute Gasteiger partial charge is 0.309 e. The van der Waals surface area contributed by atoms with E-state index in [1.165, 1.54) is 0 Å². The molecule has 86 valence electrons. The number of nitrogens with one attached hydrogen (secondary N) is 1. The van der Waals surface area contributed by atoms with E-state index in [4.69, 9.17) is 19.5 Å². The van der Waals surface area contributed by atoms with Crippen LogP contribution in [-0.2, 0) is 14.4 Å². The molecule has 0 rings (SSSR count). The van der Waals surface area contributed by atoms with E-state index in [1.54, 1.807) is 0 Å². The van der Waals surface area contributed by atoms with Gasteiger partial charge in [0.1, 0.15) is 6.73 Å². The molecule has 0 atom stereocenters. The van der Waals surface area contributed by atoms with Crippen molar-refractivity contribution in [2.75, 3.05) is 6.73 Å². The fourth-order valence-corrected chi connectivity index (χ4v) is 0.150. The number of primary amides is 2. The second-order valence-electron chi connectivity index (χ2n) is 1.58. The zero-order chi connectivity index (χ0) is 12.7. The Labute approximate surface area is 85.9 Å². The Morgan fingerprint density at radius 3 is 1.67 bits per heavy atom. The predicted octanol–water partition coefficient (Wildman–Crippen LogP) is -2.35. The first-order chi connectivity index (χ1) is 6.95. The number of carbonyl (C=O) groups is 4. The average molecular weight is 219 g/mol. The molecule has 0 aliphatic heterocycles. The molecule has 0 heterocycles. The minimum absolute atomic E-state index is 0.194. The van der Waals surface area contributed by atoms with Crippen molar-refractivity contribution in [3.8, 4) is 0 Å². The number of hydrogen-bond donors (Lipinski definition) is 4. The van der Waals surface area contributed by atoms with Gasteiger partial charge in [-0.3, -0.25) is 14.4 Å². The maximum absolute atomic E-state index is 10.0. The van der Waals surface area contributed by atoms with E-state index in [-0.39, 0.29) is 25.2 Å². The van der Waals surface area contributed by atoms with Gasteiger partial charge in [0.15, 0.2) is 12.6 Å². The minimum atomic E-state index is -0.833. The Hall–Kier alpha value is -2.22. The number of amides is 3. The van der Waals surface area contributed by atoms with Gasteiger partial charge in [-0.1, -0.05) is 6.58 Å². The third-order valence-electron chi connectivity index (χ3n) is 0.494. The molecule has 0 radical (unpaired) electrons. The van der Waals surface area contributed by atoms with Crippen molar-refractivity contribution in [3.63, 3.8) is 0 Å². The lowest BCUT2D eigenvalue weighted by Crippen LogP contribution is -2.20. The molecule has 0 saturated carbocycles. The average Bonchev–Trinajstić information content (AvgIpc) is 2.18. The zero-order valence-corrected chi connectivity index (χ0v) is 7.88. The number of aldehydes is 2. The van der Waals surface area contributed by atoms with Crippen molar-refractivity contribution < 1.29 is 24.3 Å². The van der Waals surface area contributed by atoms with Crippen LogP contribution in [0.1, 0.15) is 0 Å². The summed E-state index contributed by atoms with van der Waals surface area (Å²) in [5, 5.41) is 10.1. The van der Waals surface area contributed by atoms with Gasteiger partial charge in [-0.25, -0.2) is 4.79 Å². The van der Waals surface area contributed by atoms with Gasteiger partial charge in [-0.05, 0) is 6.08 Å². The summed E-state index contributed by atoms with van der Waals surface area (Å²) < 4.78 is 0. The fraction of sp³-hybridized carbons (Fsp3) is 0.143. The van der Waals surface area contributed by atoms with Gasteiger partial charge in [0.2, 0.25) is 5.91 Å². The first-order valence-corrected chi connectivity index (χ1v) is 3.41. The van der Waals surface area contributed by atoms with E-state index in [0.29, 0.717) is 0 Å². The van der Waals surface area contributed by atoms with Crippen molar-refractivity contribution in [1.82, 2.24) is 5.32 Å². The number of hydrogen-bond acceptors (Lipinski definition) is 5. The molecule has 15 heavy (non-hydrogen) atoms. The topological polar surface area (TPSA) is 153 Å². The number of nitrogens with two attached hydrogens (primary N) is 2. The molecule has 0 fully saturated rings. The summed E-state index contributed by atoms with van der Waals surface area (Å²) in [5.74, 6) is -0.359. The highest BCUT2D eigenvalue weighted by atomic mass is 16.3. The second-order valence-corrected chi connectivity index (χ2v) is 1.58. The summed E-state index contributed by atoms with van der Waals surface area (Å²) in [6, 6.07) is -0.833. The summed E-state index contributed by atoms with van der Waals surface area (Å²) in [6.07, 6.45) is 1.48.